The van der Waals surface area contributed by atoms with Gasteiger partial charge in [0.25, 0.3) is 0 Å². The highest BCUT2D eigenvalue weighted by molar-refractivity contribution is 7.92. The molecule has 1 N–H and O–H groups in total. The molecule has 0 aliphatic heterocycles. The summed E-state index contributed by atoms with van der Waals surface area (Å²) in [5, 5.41) is 2.76. The third kappa shape index (κ3) is 5.32. The smallest absolute Gasteiger partial charge is 0.248 e. The Bertz CT molecular complexity index is 961. The number of sulfonamides is 1. The molecule has 0 heterocycles. The Morgan fingerprint density at radius 3 is 2.28 bits per heavy atom. The fourth-order valence-corrected chi connectivity index (χ4v) is 4.15. The van der Waals surface area contributed by atoms with E-state index in [1.807, 2.05) is 0 Å². The molecule has 29 heavy (non-hydrogen) atoms. The third-order valence-corrected chi connectivity index (χ3v) is 5.47. The van der Waals surface area contributed by atoms with E-state index in [4.69, 9.17) is 14.2 Å². The molecule has 0 aliphatic rings. The van der Waals surface area contributed by atoms with Crippen LogP contribution >= 0.6 is 0 Å². The molecule has 0 saturated carbocycles. The molecular weight excluding hydrogens is 396 g/mol. The van der Waals surface area contributed by atoms with Crippen LogP contribution in [-0.2, 0) is 14.8 Å². The number of nitrogens with zero attached hydrogens (tertiary/aromatic N) is 1. The molecule has 158 valence electrons. The standard InChI is InChI=1S/C20H26N2O6S/c1-6-17(20(23)21-14-10-11-18(27-3)19(12-14)28-4)22(29(5,24)25)15-8-7-9-16(13-15)26-2/h7-13,17H,6H2,1-5H3,(H,21,23). The van der Waals surface area contributed by atoms with E-state index in [9.17, 15) is 13.2 Å². The summed E-state index contributed by atoms with van der Waals surface area (Å²) in [5.74, 6) is 0.997. The maximum absolute atomic E-state index is 13.0. The average Bonchev–Trinajstić information content (AvgIpc) is 2.70. The van der Waals surface area contributed by atoms with Gasteiger partial charge in [-0.25, -0.2) is 8.42 Å². The average molecular weight is 423 g/mol. The van der Waals surface area contributed by atoms with Crippen LogP contribution in [-0.4, -0.2) is 48.0 Å². The van der Waals surface area contributed by atoms with Gasteiger partial charge in [0.1, 0.15) is 11.8 Å². The van der Waals surface area contributed by atoms with Crippen LogP contribution < -0.4 is 23.8 Å². The number of nitrogens with one attached hydrogen (secondary N) is 1. The number of hydrogen-bond donors (Lipinski definition) is 1. The van der Waals surface area contributed by atoms with E-state index in [-0.39, 0.29) is 6.42 Å². The van der Waals surface area contributed by atoms with Crippen molar-refractivity contribution in [1.29, 1.82) is 0 Å². The van der Waals surface area contributed by atoms with Crippen LogP contribution in [0, 0.1) is 0 Å². The van der Waals surface area contributed by atoms with Crippen LogP contribution in [0.25, 0.3) is 0 Å². The molecule has 0 bridgehead atoms. The predicted octanol–water partition coefficient (Wildman–Crippen LogP) is 2.90. The van der Waals surface area contributed by atoms with Gasteiger partial charge in [-0.3, -0.25) is 9.10 Å². The van der Waals surface area contributed by atoms with Crippen LogP contribution in [0.15, 0.2) is 42.5 Å². The lowest BCUT2D eigenvalue weighted by Crippen LogP contribution is -2.47. The van der Waals surface area contributed by atoms with Crippen molar-refractivity contribution in [2.75, 3.05) is 37.2 Å². The molecule has 2 rings (SSSR count). The number of ether oxygens (including phenoxy) is 3. The fraction of sp³-hybridized carbons (Fsp3) is 0.350. The number of carbonyl (C=O) groups is 1. The minimum atomic E-state index is -3.74. The molecule has 0 saturated heterocycles. The lowest BCUT2D eigenvalue weighted by Gasteiger charge is -2.30. The normalized spacial score (nSPS) is 12.0. The first-order valence-electron chi connectivity index (χ1n) is 8.91. The van der Waals surface area contributed by atoms with Crippen molar-refractivity contribution in [3.05, 3.63) is 42.5 Å². The van der Waals surface area contributed by atoms with Crippen LogP contribution in [0.3, 0.4) is 0 Å². The highest BCUT2D eigenvalue weighted by Gasteiger charge is 2.32. The van der Waals surface area contributed by atoms with Crippen molar-refractivity contribution in [3.63, 3.8) is 0 Å². The molecular formula is C20H26N2O6S. The van der Waals surface area contributed by atoms with Gasteiger partial charge >= 0.3 is 0 Å². The largest absolute Gasteiger partial charge is 0.497 e. The second-order valence-corrected chi connectivity index (χ2v) is 8.10. The van der Waals surface area contributed by atoms with Crippen molar-refractivity contribution in [2.24, 2.45) is 0 Å². The van der Waals surface area contributed by atoms with Gasteiger partial charge in [0, 0.05) is 17.8 Å². The molecule has 1 unspecified atom stereocenters. The summed E-state index contributed by atoms with van der Waals surface area (Å²) >= 11 is 0. The van der Waals surface area contributed by atoms with E-state index in [1.165, 1.54) is 21.3 Å². The first-order chi connectivity index (χ1) is 13.7. The topological polar surface area (TPSA) is 94.2 Å². The Kier molecular flexibility index (Phi) is 7.33. The number of amides is 1. The Hall–Kier alpha value is -2.94. The Morgan fingerprint density at radius 1 is 1.03 bits per heavy atom. The van der Waals surface area contributed by atoms with Gasteiger partial charge in [-0.1, -0.05) is 13.0 Å². The number of rotatable bonds is 9. The van der Waals surface area contributed by atoms with Crippen molar-refractivity contribution in [3.8, 4) is 17.2 Å². The highest BCUT2D eigenvalue weighted by atomic mass is 32.2. The molecule has 9 heteroatoms. The van der Waals surface area contributed by atoms with E-state index < -0.39 is 22.0 Å². The van der Waals surface area contributed by atoms with E-state index in [2.05, 4.69) is 5.32 Å². The van der Waals surface area contributed by atoms with Crippen LogP contribution in [0.2, 0.25) is 0 Å². The van der Waals surface area contributed by atoms with Gasteiger partial charge < -0.3 is 19.5 Å². The summed E-state index contributed by atoms with van der Waals surface area (Å²) in [5.41, 5.74) is 0.811. The van der Waals surface area contributed by atoms with Crippen LogP contribution in [0.4, 0.5) is 11.4 Å². The Morgan fingerprint density at radius 2 is 1.72 bits per heavy atom. The zero-order chi connectivity index (χ0) is 21.6. The summed E-state index contributed by atoms with van der Waals surface area (Å²) in [4.78, 5) is 13.0. The second-order valence-electron chi connectivity index (χ2n) is 6.24. The molecule has 0 radical (unpaired) electrons. The molecule has 0 fully saturated rings. The predicted molar refractivity (Wildman–Crippen MR) is 113 cm³/mol. The van der Waals surface area contributed by atoms with E-state index in [0.717, 1.165) is 10.6 Å². The zero-order valence-electron chi connectivity index (χ0n) is 17.1. The summed E-state index contributed by atoms with van der Waals surface area (Å²) in [7, 11) is 0.756. The summed E-state index contributed by atoms with van der Waals surface area (Å²) in [6.45, 7) is 1.75. The van der Waals surface area contributed by atoms with Crippen molar-refractivity contribution < 1.29 is 27.4 Å². The van der Waals surface area contributed by atoms with Gasteiger partial charge in [-0.05, 0) is 30.7 Å². The molecule has 0 aliphatic carbocycles. The van der Waals surface area contributed by atoms with Crippen molar-refractivity contribution in [1.82, 2.24) is 0 Å². The first-order valence-corrected chi connectivity index (χ1v) is 10.8. The maximum Gasteiger partial charge on any atom is 0.248 e. The molecule has 2 aromatic rings. The van der Waals surface area contributed by atoms with Gasteiger partial charge in [-0.15, -0.1) is 0 Å². The van der Waals surface area contributed by atoms with Gasteiger partial charge in [0.2, 0.25) is 15.9 Å². The lowest BCUT2D eigenvalue weighted by atomic mass is 10.1. The van der Waals surface area contributed by atoms with Crippen LogP contribution in [0.5, 0.6) is 17.2 Å². The zero-order valence-corrected chi connectivity index (χ0v) is 17.9. The molecule has 0 aromatic heterocycles. The minimum absolute atomic E-state index is 0.267. The van der Waals surface area contributed by atoms with E-state index in [1.54, 1.807) is 49.4 Å². The quantitative estimate of drug-likeness (QED) is 0.668. The van der Waals surface area contributed by atoms with E-state index >= 15 is 0 Å². The second kappa shape index (κ2) is 9.51. The van der Waals surface area contributed by atoms with E-state index in [0.29, 0.717) is 28.6 Å². The molecule has 0 spiro atoms. The number of methoxy groups -OCH3 is 3. The summed E-state index contributed by atoms with van der Waals surface area (Å²) in [6.07, 6.45) is 1.34. The van der Waals surface area contributed by atoms with Gasteiger partial charge in [0.05, 0.1) is 33.3 Å². The monoisotopic (exact) mass is 422 g/mol. The number of benzene rings is 2. The third-order valence-electron chi connectivity index (χ3n) is 4.29. The molecule has 1 atom stereocenters. The number of hydrogen-bond acceptors (Lipinski definition) is 6. The summed E-state index contributed by atoms with van der Waals surface area (Å²) < 4.78 is 41.8. The maximum atomic E-state index is 13.0. The van der Waals surface area contributed by atoms with Gasteiger partial charge in [0.15, 0.2) is 11.5 Å². The fourth-order valence-electron chi connectivity index (χ4n) is 2.95. The summed E-state index contributed by atoms with van der Waals surface area (Å²) in [6, 6.07) is 10.5. The number of carbonyl (C=O) groups excluding carboxylic acids is 1. The van der Waals surface area contributed by atoms with Gasteiger partial charge in [-0.2, -0.15) is 0 Å². The molecule has 2 aromatic carbocycles. The first kappa shape index (κ1) is 22.4. The highest BCUT2D eigenvalue weighted by Crippen LogP contribution is 2.31. The minimum Gasteiger partial charge on any atom is -0.497 e. The molecule has 8 nitrogen and oxygen atoms in total. The molecule has 1 amide bonds. The number of anilines is 2. The Balaban J connectivity index is 2.38. The van der Waals surface area contributed by atoms with Crippen molar-refractivity contribution >= 4 is 27.3 Å². The lowest BCUT2D eigenvalue weighted by molar-refractivity contribution is -0.117. The van der Waals surface area contributed by atoms with Crippen molar-refractivity contribution in [2.45, 2.75) is 19.4 Å². The van der Waals surface area contributed by atoms with Crippen LogP contribution in [0.1, 0.15) is 13.3 Å². The SMILES string of the molecule is CCC(C(=O)Nc1ccc(OC)c(OC)c1)N(c1cccc(OC)c1)S(C)(=O)=O. The Labute approximate surface area is 171 Å².